The molecule has 2 amide bonds. The van der Waals surface area contributed by atoms with Crippen LogP contribution in [0, 0.1) is 5.82 Å². The summed E-state index contributed by atoms with van der Waals surface area (Å²) in [6, 6.07) is 9.64. The van der Waals surface area contributed by atoms with Crippen LogP contribution in [0.5, 0.6) is 0 Å². The molecule has 0 saturated carbocycles. The monoisotopic (exact) mass is 329 g/mol. The van der Waals surface area contributed by atoms with E-state index < -0.39 is 0 Å². The Hall–Kier alpha value is -2.76. The molecule has 0 saturated heterocycles. The van der Waals surface area contributed by atoms with Crippen molar-refractivity contribution in [3.05, 3.63) is 65.7 Å². The van der Waals surface area contributed by atoms with Crippen molar-refractivity contribution in [2.24, 2.45) is 0 Å². The van der Waals surface area contributed by atoms with Crippen LogP contribution in [0.1, 0.15) is 18.1 Å². The highest BCUT2D eigenvalue weighted by atomic mass is 19.1. The molecule has 1 aromatic carbocycles. The van der Waals surface area contributed by atoms with Crippen molar-refractivity contribution < 1.29 is 14.0 Å². The first-order valence-electron chi connectivity index (χ1n) is 7.70. The van der Waals surface area contributed by atoms with Crippen LogP contribution in [0.4, 0.5) is 4.39 Å². The lowest BCUT2D eigenvalue weighted by Gasteiger charge is -2.21. The van der Waals surface area contributed by atoms with Gasteiger partial charge >= 0.3 is 0 Å². The van der Waals surface area contributed by atoms with Gasteiger partial charge in [0.15, 0.2) is 0 Å². The van der Waals surface area contributed by atoms with Gasteiger partial charge in [-0.3, -0.25) is 14.6 Å². The molecule has 0 aliphatic carbocycles. The Morgan fingerprint density at radius 3 is 2.58 bits per heavy atom. The Morgan fingerprint density at radius 2 is 1.92 bits per heavy atom. The van der Waals surface area contributed by atoms with Crippen LogP contribution in [0.3, 0.4) is 0 Å². The number of nitrogens with zero attached hydrogens (tertiary/aromatic N) is 2. The van der Waals surface area contributed by atoms with Crippen molar-refractivity contribution in [2.45, 2.75) is 19.9 Å². The van der Waals surface area contributed by atoms with Crippen LogP contribution in [-0.2, 0) is 22.6 Å². The molecule has 1 heterocycles. The summed E-state index contributed by atoms with van der Waals surface area (Å²) >= 11 is 0. The first-order chi connectivity index (χ1) is 11.5. The zero-order chi connectivity index (χ0) is 17.4. The number of hydrogen-bond donors (Lipinski definition) is 1. The second-order valence-electron chi connectivity index (χ2n) is 5.45. The van der Waals surface area contributed by atoms with Crippen molar-refractivity contribution in [1.29, 1.82) is 0 Å². The van der Waals surface area contributed by atoms with E-state index in [0.29, 0.717) is 25.2 Å². The molecule has 1 N–H and O–H groups in total. The quantitative estimate of drug-likeness (QED) is 0.844. The van der Waals surface area contributed by atoms with Gasteiger partial charge in [0, 0.05) is 39.0 Å². The first kappa shape index (κ1) is 17.6. The number of carbonyl (C=O) groups is 2. The summed E-state index contributed by atoms with van der Waals surface area (Å²) in [6.07, 6.45) is 3.46. The second-order valence-corrected chi connectivity index (χ2v) is 5.45. The first-order valence-corrected chi connectivity index (χ1v) is 7.70. The lowest BCUT2D eigenvalue weighted by molar-refractivity contribution is -0.130. The highest BCUT2D eigenvalue weighted by Crippen LogP contribution is 2.05. The molecular formula is C18H20FN3O2. The highest BCUT2D eigenvalue weighted by Gasteiger charge is 2.10. The molecular weight excluding hydrogens is 309 g/mol. The van der Waals surface area contributed by atoms with E-state index in [1.165, 1.54) is 19.1 Å². The predicted octanol–water partition coefficient (Wildman–Crippen LogP) is 1.93. The van der Waals surface area contributed by atoms with Gasteiger partial charge in [0.05, 0.1) is 6.42 Å². The number of amides is 2. The number of halogens is 1. The van der Waals surface area contributed by atoms with E-state index >= 15 is 0 Å². The minimum Gasteiger partial charge on any atom is -0.354 e. The van der Waals surface area contributed by atoms with E-state index in [1.54, 1.807) is 29.4 Å². The maximum absolute atomic E-state index is 13.1. The molecule has 2 rings (SSSR count). The zero-order valence-electron chi connectivity index (χ0n) is 13.5. The van der Waals surface area contributed by atoms with Gasteiger partial charge < -0.3 is 10.2 Å². The Balaban J connectivity index is 1.80. The molecule has 0 atom stereocenters. The van der Waals surface area contributed by atoms with Crippen molar-refractivity contribution in [3.63, 3.8) is 0 Å². The molecule has 126 valence electrons. The van der Waals surface area contributed by atoms with Crippen LogP contribution in [0.25, 0.3) is 0 Å². The summed E-state index contributed by atoms with van der Waals surface area (Å²) in [5.74, 6) is -0.625. The fraction of sp³-hybridized carbons (Fsp3) is 0.278. The van der Waals surface area contributed by atoms with Gasteiger partial charge in [0.2, 0.25) is 11.8 Å². The highest BCUT2D eigenvalue weighted by molar-refractivity contribution is 5.78. The molecule has 6 heteroatoms. The summed E-state index contributed by atoms with van der Waals surface area (Å²) < 4.78 is 13.1. The largest absolute Gasteiger partial charge is 0.354 e. The molecule has 0 aliphatic heterocycles. The molecule has 1 aromatic heterocycles. The molecule has 0 radical (unpaired) electrons. The third-order valence-corrected chi connectivity index (χ3v) is 3.53. The molecule has 5 nitrogen and oxygen atoms in total. The number of benzene rings is 1. The van der Waals surface area contributed by atoms with Gasteiger partial charge in [-0.2, -0.15) is 0 Å². The maximum atomic E-state index is 13.1. The molecule has 0 unspecified atom stereocenters. The van der Waals surface area contributed by atoms with Gasteiger partial charge in [0.25, 0.3) is 0 Å². The lowest BCUT2D eigenvalue weighted by atomic mass is 10.1. The number of carbonyl (C=O) groups excluding carboxylic acids is 2. The standard InChI is InChI=1S/C18H20FN3O2/c1-14(23)22(13-15-5-7-20-8-6-15)10-9-21-18(24)12-16-3-2-4-17(19)11-16/h2-8,11H,9-10,12-13H2,1H3,(H,21,24). The number of rotatable bonds is 7. The number of nitrogens with one attached hydrogen (secondary N) is 1. The molecule has 0 aliphatic rings. The van der Waals surface area contributed by atoms with E-state index in [-0.39, 0.29) is 24.1 Å². The summed E-state index contributed by atoms with van der Waals surface area (Å²) in [6.45, 7) is 2.72. The smallest absolute Gasteiger partial charge is 0.224 e. The maximum Gasteiger partial charge on any atom is 0.224 e. The van der Waals surface area contributed by atoms with Gasteiger partial charge in [-0.25, -0.2) is 4.39 Å². The third kappa shape index (κ3) is 5.79. The lowest BCUT2D eigenvalue weighted by Crippen LogP contribution is -2.37. The second kappa shape index (κ2) is 8.76. The number of aromatic nitrogens is 1. The fourth-order valence-electron chi connectivity index (χ4n) is 2.28. The van der Waals surface area contributed by atoms with Crippen molar-refractivity contribution in [3.8, 4) is 0 Å². The molecule has 0 spiro atoms. The fourth-order valence-corrected chi connectivity index (χ4v) is 2.28. The summed E-state index contributed by atoms with van der Waals surface area (Å²) in [7, 11) is 0. The topological polar surface area (TPSA) is 62.3 Å². The van der Waals surface area contributed by atoms with Crippen LogP contribution in [0.2, 0.25) is 0 Å². The minimum absolute atomic E-state index is 0.0637. The molecule has 2 aromatic rings. The van der Waals surface area contributed by atoms with Gasteiger partial charge in [-0.05, 0) is 35.4 Å². The minimum atomic E-state index is -0.361. The summed E-state index contributed by atoms with van der Waals surface area (Å²) in [5, 5.41) is 2.75. The van der Waals surface area contributed by atoms with Gasteiger partial charge in [-0.15, -0.1) is 0 Å². The van der Waals surface area contributed by atoms with Crippen molar-refractivity contribution >= 4 is 11.8 Å². The van der Waals surface area contributed by atoms with Crippen molar-refractivity contribution in [2.75, 3.05) is 13.1 Å². The SMILES string of the molecule is CC(=O)N(CCNC(=O)Cc1cccc(F)c1)Cc1ccncc1. The van der Waals surface area contributed by atoms with Crippen LogP contribution >= 0.6 is 0 Å². The molecule has 0 fully saturated rings. The third-order valence-electron chi connectivity index (χ3n) is 3.53. The van der Waals surface area contributed by atoms with Gasteiger partial charge in [-0.1, -0.05) is 12.1 Å². The summed E-state index contributed by atoms with van der Waals surface area (Å²) in [4.78, 5) is 29.2. The van der Waals surface area contributed by atoms with E-state index in [0.717, 1.165) is 5.56 Å². The van der Waals surface area contributed by atoms with Crippen LogP contribution < -0.4 is 5.32 Å². The summed E-state index contributed by atoms with van der Waals surface area (Å²) in [5.41, 5.74) is 1.60. The zero-order valence-corrected chi connectivity index (χ0v) is 13.5. The molecule has 24 heavy (non-hydrogen) atoms. The van der Waals surface area contributed by atoms with Crippen LogP contribution in [0.15, 0.2) is 48.8 Å². The van der Waals surface area contributed by atoms with Gasteiger partial charge in [0.1, 0.15) is 5.82 Å². The normalized spacial score (nSPS) is 10.2. The van der Waals surface area contributed by atoms with E-state index in [9.17, 15) is 14.0 Å². The van der Waals surface area contributed by atoms with Crippen molar-refractivity contribution in [1.82, 2.24) is 15.2 Å². The number of pyridine rings is 1. The Kier molecular flexibility index (Phi) is 6.42. The van der Waals surface area contributed by atoms with E-state index in [1.807, 2.05) is 12.1 Å². The Morgan fingerprint density at radius 1 is 1.17 bits per heavy atom. The van der Waals surface area contributed by atoms with Crippen LogP contribution in [-0.4, -0.2) is 34.8 Å². The molecule has 0 bridgehead atoms. The Labute approximate surface area is 140 Å². The van der Waals surface area contributed by atoms with E-state index in [2.05, 4.69) is 10.3 Å². The number of hydrogen-bond acceptors (Lipinski definition) is 3. The predicted molar refractivity (Wildman–Crippen MR) is 88.4 cm³/mol. The van der Waals surface area contributed by atoms with E-state index in [4.69, 9.17) is 0 Å². The average molecular weight is 329 g/mol. The average Bonchev–Trinajstić information content (AvgIpc) is 2.54. The Bertz CT molecular complexity index is 692.